The lowest BCUT2D eigenvalue weighted by molar-refractivity contribution is 0.427. The van der Waals surface area contributed by atoms with Gasteiger partial charge in [0.1, 0.15) is 0 Å². The van der Waals surface area contributed by atoms with Crippen LogP contribution in [0.4, 0.5) is 0 Å². The number of nitrogens with one attached hydrogen (secondary N) is 2. The van der Waals surface area contributed by atoms with E-state index in [0.29, 0.717) is 26.1 Å². The second-order valence-electron chi connectivity index (χ2n) is 5.79. The standard InChI is InChI=1S/C16H31N5O2S2.HI/c1-6-17-16(18-10-8-12-21(7-2)25(5,22)23)19-11-9-15-20-13(3)14(4)24-15;/h6-12H2,1-5H3,(H2,17,18,19);1H. The Morgan fingerprint density at radius 3 is 2.46 bits per heavy atom. The maximum atomic E-state index is 11.6. The number of thiazole rings is 1. The summed E-state index contributed by atoms with van der Waals surface area (Å²) in [7, 11) is -3.12. The van der Waals surface area contributed by atoms with Gasteiger partial charge in [0.25, 0.3) is 0 Å². The molecule has 0 aliphatic rings. The highest BCUT2D eigenvalue weighted by Crippen LogP contribution is 2.16. The molecule has 1 aromatic rings. The third kappa shape index (κ3) is 9.47. The lowest BCUT2D eigenvalue weighted by Gasteiger charge is -2.17. The van der Waals surface area contributed by atoms with Gasteiger partial charge in [0, 0.05) is 44.0 Å². The maximum Gasteiger partial charge on any atom is 0.211 e. The van der Waals surface area contributed by atoms with Gasteiger partial charge in [-0.3, -0.25) is 4.99 Å². The minimum atomic E-state index is -3.12. The Balaban J connectivity index is 0.00000625. The fraction of sp³-hybridized carbons (Fsp3) is 0.750. The molecular formula is C16H32IN5O2S2. The van der Waals surface area contributed by atoms with Crippen molar-refractivity contribution in [1.29, 1.82) is 0 Å². The van der Waals surface area contributed by atoms with Crippen LogP contribution < -0.4 is 10.6 Å². The van der Waals surface area contributed by atoms with E-state index in [1.165, 1.54) is 15.4 Å². The maximum absolute atomic E-state index is 11.6. The van der Waals surface area contributed by atoms with Crippen LogP contribution in [0.1, 0.15) is 35.8 Å². The average molecular weight is 518 g/mol. The lowest BCUT2D eigenvalue weighted by Crippen LogP contribution is -2.38. The van der Waals surface area contributed by atoms with Crippen LogP contribution in [0.3, 0.4) is 0 Å². The van der Waals surface area contributed by atoms with Crippen LogP contribution in [0.2, 0.25) is 0 Å². The molecule has 0 bridgehead atoms. The monoisotopic (exact) mass is 517 g/mol. The van der Waals surface area contributed by atoms with Crippen LogP contribution in [-0.2, 0) is 16.4 Å². The molecule has 0 atom stereocenters. The fourth-order valence-corrected chi connectivity index (χ4v) is 4.14. The van der Waals surface area contributed by atoms with E-state index < -0.39 is 10.0 Å². The molecule has 1 rings (SSSR count). The second kappa shape index (κ2) is 12.8. The largest absolute Gasteiger partial charge is 0.357 e. The molecule has 0 aliphatic heterocycles. The molecule has 0 aromatic carbocycles. The summed E-state index contributed by atoms with van der Waals surface area (Å²) in [6.45, 7) is 11.1. The van der Waals surface area contributed by atoms with Gasteiger partial charge in [-0.2, -0.15) is 0 Å². The van der Waals surface area contributed by atoms with E-state index in [4.69, 9.17) is 0 Å². The highest BCUT2D eigenvalue weighted by Gasteiger charge is 2.13. The summed E-state index contributed by atoms with van der Waals surface area (Å²) in [6, 6.07) is 0. The first-order chi connectivity index (χ1) is 11.8. The summed E-state index contributed by atoms with van der Waals surface area (Å²) < 4.78 is 24.6. The number of hydrogen-bond acceptors (Lipinski definition) is 5. The van der Waals surface area contributed by atoms with E-state index in [1.807, 2.05) is 20.8 Å². The van der Waals surface area contributed by atoms with E-state index in [-0.39, 0.29) is 24.0 Å². The molecule has 2 N–H and O–H groups in total. The lowest BCUT2D eigenvalue weighted by atomic mass is 10.4. The Morgan fingerprint density at radius 2 is 1.96 bits per heavy atom. The summed E-state index contributed by atoms with van der Waals surface area (Å²) in [5, 5.41) is 7.64. The van der Waals surface area contributed by atoms with Crippen LogP contribution in [0.25, 0.3) is 0 Å². The molecule has 0 amide bonds. The summed E-state index contributed by atoms with van der Waals surface area (Å²) in [5.41, 5.74) is 1.10. The number of aryl methyl sites for hydroxylation is 2. The zero-order chi connectivity index (χ0) is 18.9. The zero-order valence-electron chi connectivity index (χ0n) is 16.3. The molecule has 0 unspecified atom stereocenters. The number of aliphatic imine (C=N–C) groups is 1. The molecule has 0 spiro atoms. The van der Waals surface area contributed by atoms with Crippen molar-refractivity contribution in [3.8, 4) is 0 Å². The topological polar surface area (TPSA) is 86.7 Å². The summed E-state index contributed by atoms with van der Waals surface area (Å²) >= 11 is 1.74. The molecule has 152 valence electrons. The van der Waals surface area contributed by atoms with Crippen molar-refractivity contribution in [2.24, 2.45) is 4.99 Å². The molecule has 10 heteroatoms. The Bertz CT molecular complexity index is 642. The van der Waals surface area contributed by atoms with Crippen LogP contribution >= 0.6 is 35.3 Å². The molecule has 0 radical (unpaired) electrons. The third-order valence-corrected chi connectivity index (χ3v) is 6.22. The Morgan fingerprint density at radius 1 is 1.27 bits per heavy atom. The summed E-state index contributed by atoms with van der Waals surface area (Å²) in [5.74, 6) is 0.759. The molecule has 0 saturated carbocycles. The number of guanidine groups is 1. The highest BCUT2D eigenvalue weighted by molar-refractivity contribution is 14.0. The van der Waals surface area contributed by atoms with E-state index in [0.717, 1.165) is 36.2 Å². The van der Waals surface area contributed by atoms with Gasteiger partial charge < -0.3 is 10.6 Å². The van der Waals surface area contributed by atoms with Gasteiger partial charge in [-0.05, 0) is 27.2 Å². The Kier molecular flexibility index (Phi) is 12.6. The quantitative estimate of drug-likeness (QED) is 0.215. The minimum absolute atomic E-state index is 0. The summed E-state index contributed by atoms with van der Waals surface area (Å²) in [4.78, 5) is 10.3. The van der Waals surface area contributed by atoms with Crippen molar-refractivity contribution < 1.29 is 8.42 Å². The molecule has 7 nitrogen and oxygen atoms in total. The minimum Gasteiger partial charge on any atom is -0.357 e. The SMILES string of the molecule is CCNC(=NCCCN(CC)S(C)(=O)=O)NCCc1nc(C)c(C)s1.I. The molecule has 0 aliphatic carbocycles. The molecular weight excluding hydrogens is 485 g/mol. The number of nitrogens with zero attached hydrogens (tertiary/aromatic N) is 3. The molecule has 0 fully saturated rings. The predicted octanol–water partition coefficient (Wildman–Crippen LogP) is 2.15. The Labute approximate surface area is 179 Å². The van der Waals surface area contributed by atoms with Gasteiger partial charge in [0.15, 0.2) is 5.96 Å². The number of hydrogen-bond donors (Lipinski definition) is 2. The van der Waals surface area contributed by atoms with Gasteiger partial charge in [-0.1, -0.05) is 6.92 Å². The van der Waals surface area contributed by atoms with Crippen molar-refractivity contribution in [2.45, 2.75) is 40.5 Å². The van der Waals surface area contributed by atoms with Crippen molar-refractivity contribution in [2.75, 3.05) is 39.0 Å². The smallest absolute Gasteiger partial charge is 0.211 e. The second-order valence-corrected chi connectivity index (χ2v) is 9.07. The van der Waals surface area contributed by atoms with E-state index in [1.54, 1.807) is 11.3 Å². The first-order valence-corrected chi connectivity index (χ1v) is 11.3. The van der Waals surface area contributed by atoms with Crippen LogP contribution in [0.15, 0.2) is 4.99 Å². The van der Waals surface area contributed by atoms with E-state index in [9.17, 15) is 8.42 Å². The van der Waals surface area contributed by atoms with Gasteiger partial charge >= 0.3 is 0 Å². The number of halogens is 1. The number of aromatic nitrogens is 1. The van der Waals surface area contributed by atoms with Crippen molar-refractivity contribution in [3.63, 3.8) is 0 Å². The summed E-state index contributed by atoms with van der Waals surface area (Å²) in [6.07, 6.45) is 2.80. The molecule has 1 aromatic heterocycles. The highest BCUT2D eigenvalue weighted by atomic mass is 127. The molecule has 1 heterocycles. The van der Waals surface area contributed by atoms with Crippen molar-refractivity contribution in [1.82, 2.24) is 19.9 Å². The Hall–Kier alpha value is -0.460. The zero-order valence-corrected chi connectivity index (χ0v) is 20.3. The van der Waals surface area contributed by atoms with Gasteiger partial charge in [-0.15, -0.1) is 35.3 Å². The predicted molar refractivity (Wildman–Crippen MR) is 121 cm³/mol. The molecule has 0 saturated heterocycles. The third-order valence-electron chi connectivity index (χ3n) is 3.71. The van der Waals surface area contributed by atoms with Crippen LogP contribution in [0, 0.1) is 13.8 Å². The van der Waals surface area contributed by atoms with Crippen molar-refractivity contribution >= 4 is 51.3 Å². The van der Waals surface area contributed by atoms with Gasteiger partial charge in [-0.25, -0.2) is 17.7 Å². The van der Waals surface area contributed by atoms with Crippen LogP contribution in [-0.4, -0.2) is 62.6 Å². The van der Waals surface area contributed by atoms with E-state index >= 15 is 0 Å². The number of rotatable bonds is 10. The molecule has 26 heavy (non-hydrogen) atoms. The van der Waals surface area contributed by atoms with Crippen LogP contribution in [0.5, 0.6) is 0 Å². The number of sulfonamides is 1. The average Bonchev–Trinajstić information content (AvgIpc) is 2.84. The normalized spacial score (nSPS) is 12.2. The first-order valence-electron chi connectivity index (χ1n) is 8.68. The van der Waals surface area contributed by atoms with Gasteiger partial charge in [0.05, 0.1) is 17.0 Å². The van der Waals surface area contributed by atoms with E-state index in [2.05, 4.69) is 27.5 Å². The first kappa shape index (κ1) is 25.5. The van der Waals surface area contributed by atoms with Crippen molar-refractivity contribution in [3.05, 3.63) is 15.6 Å². The van der Waals surface area contributed by atoms with Gasteiger partial charge in [0.2, 0.25) is 10.0 Å². The fourth-order valence-electron chi connectivity index (χ4n) is 2.27.